The number of hydrogen-bond donors (Lipinski definition) is 2. The van der Waals surface area contributed by atoms with E-state index in [1.165, 1.54) is 5.56 Å². The molecular weight excluding hydrogens is 402 g/mol. The number of carbonyl (C=O) groups excluding carboxylic acids is 2. The molecule has 0 saturated carbocycles. The maximum absolute atomic E-state index is 12.3. The lowest BCUT2D eigenvalue weighted by Gasteiger charge is -2.31. The normalized spacial score (nSPS) is 16.3. The molecular formula is C25H31N5O2. The third-order valence-electron chi connectivity index (χ3n) is 5.80. The van der Waals surface area contributed by atoms with Crippen molar-refractivity contribution in [3.8, 4) is 17.5 Å². The molecule has 0 spiro atoms. The predicted octanol–water partition coefficient (Wildman–Crippen LogP) is 2.81. The fourth-order valence-electron chi connectivity index (χ4n) is 4.34. The smallest absolute Gasteiger partial charge is 0.298 e. The third kappa shape index (κ3) is 4.86. The highest BCUT2D eigenvalue weighted by molar-refractivity contribution is 6.04. The molecule has 1 aromatic carbocycles. The summed E-state index contributed by atoms with van der Waals surface area (Å²) in [5, 5.41) is 4.14. The zero-order valence-electron chi connectivity index (χ0n) is 19.0. The molecule has 1 unspecified atom stereocenters. The number of hydrazone groups is 1. The van der Waals surface area contributed by atoms with E-state index in [1.54, 1.807) is 18.9 Å². The minimum absolute atomic E-state index is 0.0216. The number of amides is 1. The molecule has 1 aliphatic rings. The molecule has 1 atom stereocenters. The van der Waals surface area contributed by atoms with Crippen LogP contribution in [0.4, 0.5) is 0 Å². The van der Waals surface area contributed by atoms with Crippen molar-refractivity contribution in [3.63, 3.8) is 0 Å². The Morgan fingerprint density at radius 3 is 2.72 bits per heavy atom. The van der Waals surface area contributed by atoms with E-state index >= 15 is 0 Å². The summed E-state index contributed by atoms with van der Waals surface area (Å²) in [5.74, 6) is 5.39. The zero-order valence-corrected chi connectivity index (χ0v) is 19.0. The number of nitrogens with one attached hydrogen (secondary N) is 1. The van der Waals surface area contributed by atoms with Gasteiger partial charge >= 0.3 is 0 Å². The van der Waals surface area contributed by atoms with Crippen LogP contribution < -0.4 is 11.2 Å². The Bertz CT molecular complexity index is 1060. The van der Waals surface area contributed by atoms with Crippen molar-refractivity contribution in [2.75, 3.05) is 20.1 Å². The van der Waals surface area contributed by atoms with E-state index in [0.717, 1.165) is 43.2 Å². The second kappa shape index (κ2) is 10.7. The van der Waals surface area contributed by atoms with Gasteiger partial charge in [-0.05, 0) is 55.4 Å². The average molecular weight is 434 g/mol. The molecule has 32 heavy (non-hydrogen) atoms. The Hall–Kier alpha value is -3.53. The molecule has 1 amide bonds. The summed E-state index contributed by atoms with van der Waals surface area (Å²) in [5.41, 5.74) is 13.1. The molecule has 3 rings (SSSR count). The molecule has 168 valence electrons. The van der Waals surface area contributed by atoms with Crippen LogP contribution in [0.25, 0.3) is 5.69 Å². The lowest BCUT2D eigenvalue weighted by atomic mass is 9.89. The molecule has 3 N–H and O–H groups in total. The molecule has 2 aromatic rings. The standard InChI is InChI=1S/C25H31N5O2/c1-4-7-18-10-12-20(13-11-18)30-16-21(22(17-31)24(30)25(26)28-27-3)19-9-6-14-29(15-19)23(32)8-5-2/h10-13,16-17,19,27H,4,6-7,9,14-15H2,1-3H3,(H2,26,28). The van der Waals surface area contributed by atoms with E-state index in [1.807, 2.05) is 22.9 Å². The Kier molecular flexibility index (Phi) is 7.72. The van der Waals surface area contributed by atoms with Gasteiger partial charge in [0.25, 0.3) is 5.91 Å². The van der Waals surface area contributed by atoms with Crippen molar-refractivity contribution in [2.45, 2.75) is 45.4 Å². The molecule has 1 saturated heterocycles. The number of rotatable bonds is 7. The van der Waals surface area contributed by atoms with Gasteiger partial charge in [-0.2, -0.15) is 5.10 Å². The fourth-order valence-corrected chi connectivity index (χ4v) is 4.34. The van der Waals surface area contributed by atoms with Gasteiger partial charge in [0.2, 0.25) is 0 Å². The van der Waals surface area contributed by atoms with Gasteiger partial charge in [-0.15, -0.1) is 0 Å². The zero-order chi connectivity index (χ0) is 23.1. The predicted molar refractivity (Wildman–Crippen MR) is 127 cm³/mol. The highest BCUT2D eigenvalue weighted by atomic mass is 16.2. The maximum Gasteiger partial charge on any atom is 0.298 e. The van der Waals surface area contributed by atoms with E-state index in [9.17, 15) is 9.59 Å². The van der Waals surface area contributed by atoms with Crippen molar-refractivity contribution in [3.05, 3.63) is 52.8 Å². The number of benzene rings is 1. The highest BCUT2D eigenvalue weighted by Crippen LogP contribution is 2.33. The summed E-state index contributed by atoms with van der Waals surface area (Å²) in [4.78, 5) is 26.4. The molecule has 7 heteroatoms. The maximum atomic E-state index is 12.3. The van der Waals surface area contributed by atoms with Gasteiger partial charge in [-0.25, -0.2) is 0 Å². The van der Waals surface area contributed by atoms with Gasteiger partial charge in [0, 0.05) is 43.5 Å². The lowest BCUT2D eigenvalue weighted by Crippen LogP contribution is -2.38. The molecule has 1 fully saturated rings. The van der Waals surface area contributed by atoms with Gasteiger partial charge < -0.3 is 20.6 Å². The van der Waals surface area contributed by atoms with E-state index in [0.29, 0.717) is 24.3 Å². The van der Waals surface area contributed by atoms with Crippen LogP contribution in [0.15, 0.2) is 35.6 Å². The van der Waals surface area contributed by atoms with Crippen LogP contribution in [0.3, 0.4) is 0 Å². The van der Waals surface area contributed by atoms with Gasteiger partial charge in [0.05, 0.1) is 0 Å². The molecule has 2 heterocycles. The molecule has 0 aliphatic carbocycles. The first-order chi connectivity index (χ1) is 15.5. The molecule has 7 nitrogen and oxygen atoms in total. The van der Waals surface area contributed by atoms with Crippen molar-refractivity contribution in [2.24, 2.45) is 10.8 Å². The quantitative estimate of drug-likeness (QED) is 0.231. The Balaban J connectivity index is 2.08. The summed E-state index contributed by atoms with van der Waals surface area (Å²) < 4.78 is 1.93. The topological polar surface area (TPSA) is 92.7 Å². The molecule has 0 bridgehead atoms. The van der Waals surface area contributed by atoms with Gasteiger partial charge in [0.1, 0.15) is 5.69 Å². The minimum Gasteiger partial charge on any atom is -0.381 e. The van der Waals surface area contributed by atoms with Crippen LogP contribution >= 0.6 is 0 Å². The fraction of sp³-hybridized carbons (Fsp3) is 0.400. The Morgan fingerprint density at radius 2 is 2.09 bits per heavy atom. The van der Waals surface area contributed by atoms with E-state index in [4.69, 9.17) is 5.73 Å². The first kappa shape index (κ1) is 23.1. The van der Waals surface area contributed by atoms with Crippen LogP contribution in [0.5, 0.6) is 0 Å². The monoisotopic (exact) mass is 433 g/mol. The van der Waals surface area contributed by atoms with Gasteiger partial charge in [-0.1, -0.05) is 31.4 Å². The van der Waals surface area contributed by atoms with Gasteiger partial charge in [-0.3, -0.25) is 9.59 Å². The summed E-state index contributed by atoms with van der Waals surface area (Å²) in [7, 11) is 1.67. The summed E-state index contributed by atoms with van der Waals surface area (Å²) >= 11 is 0. The van der Waals surface area contributed by atoms with Crippen molar-refractivity contribution in [1.29, 1.82) is 0 Å². The number of carbonyl (C=O) groups is 2. The number of aryl methyl sites for hydroxylation is 1. The van der Waals surface area contributed by atoms with Gasteiger partial charge in [0.15, 0.2) is 12.1 Å². The first-order valence-corrected chi connectivity index (χ1v) is 11.1. The number of likely N-dealkylation sites (tertiary alicyclic amines) is 1. The Labute approximate surface area is 189 Å². The van der Waals surface area contributed by atoms with Crippen LogP contribution in [-0.2, 0) is 11.2 Å². The number of nitrogens with two attached hydrogens (primary N) is 1. The number of hydrogen-bond acceptors (Lipinski definition) is 4. The average Bonchev–Trinajstić information content (AvgIpc) is 3.20. The summed E-state index contributed by atoms with van der Waals surface area (Å²) in [6.07, 6.45) is 6.64. The molecule has 1 aromatic heterocycles. The first-order valence-electron chi connectivity index (χ1n) is 11.1. The molecule has 1 aliphatic heterocycles. The van der Waals surface area contributed by atoms with Crippen LogP contribution in [-0.4, -0.2) is 47.6 Å². The summed E-state index contributed by atoms with van der Waals surface area (Å²) in [6.45, 7) is 5.01. The largest absolute Gasteiger partial charge is 0.381 e. The Morgan fingerprint density at radius 1 is 1.34 bits per heavy atom. The van der Waals surface area contributed by atoms with Crippen LogP contribution in [0, 0.1) is 11.8 Å². The van der Waals surface area contributed by atoms with Crippen LogP contribution in [0.2, 0.25) is 0 Å². The number of aromatic nitrogens is 1. The van der Waals surface area contributed by atoms with Crippen LogP contribution in [0.1, 0.15) is 66.2 Å². The van der Waals surface area contributed by atoms with Crippen molar-refractivity contribution >= 4 is 18.0 Å². The number of nitrogens with zero attached hydrogens (tertiary/aromatic N) is 3. The number of amidine groups is 1. The van der Waals surface area contributed by atoms with Crippen molar-refractivity contribution < 1.29 is 9.59 Å². The molecule has 0 radical (unpaired) electrons. The van der Waals surface area contributed by atoms with E-state index in [-0.39, 0.29) is 17.7 Å². The lowest BCUT2D eigenvalue weighted by molar-refractivity contribution is -0.126. The van der Waals surface area contributed by atoms with E-state index in [2.05, 4.69) is 41.4 Å². The highest BCUT2D eigenvalue weighted by Gasteiger charge is 2.29. The second-order valence-corrected chi connectivity index (χ2v) is 7.94. The number of piperidine rings is 1. The van der Waals surface area contributed by atoms with Crippen molar-refractivity contribution in [1.82, 2.24) is 14.9 Å². The van der Waals surface area contributed by atoms with E-state index < -0.39 is 0 Å². The summed E-state index contributed by atoms with van der Waals surface area (Å²) in [6, 6.07) is 8.26. The number of aldehydes is 1. The third-order valence-corrected chi connectivity index (χ3v) is 5.80. The minimum atomic E-state index is -0.174. The SMILES string of the molecule is CC#CC(=O)N1CCCC(c2cn(-c3ccc(CCC)cc3)c(/C(N)=N\NC)c2C=O)C1. The second-order valence-electron chi connectivity index (χ2n) is 7.94.